The van der Waals surface area contributed by atoms with E-state index in [4.69, 9.17) is 5.48 Å². The average molecular weight is 364 g/mol. The molecule has 0 amide bonds. The molecule has 0 aliphatic carbocycles. The Hall–Kier alpha value is -3.41. The smallest absolute Gasteiger partial charge is 0.173 e. The van der Waals surface area contributed by atoms with Crippen molar-refractivity contribution < 1.29 is 14.7 Å². The van der Waals surface area contributed by atoms with E-state index in [1.807, 2.05) is 36.7 Å². The Bertz CT molecular complexity index is 1340. The number of carbonyl (C=O) groups is 1. The van der Waals surface area contributed by atoms with Crippen LogP contribution in [0.5, 0.6) is 0 Å². The van der Waals surface area contributed by atoms with Gasteiger partial charge in [-0.05, 0) is 25.1 Å². The average Bonchev–Trinajstić information content (AvgIpc) is 3.09. The molecule has 0 unspecified atom stereocenters. The highest BCUT2D eigenvalue weighted by molar-refractivity contribution is 5.97. The molecule has 0 aliphatic rings. The maximum absolute atomic E-state index is 14.4. The minimum Gasteiger partial charge on any atom is -0.331 e. The van der Waals surface area contributed by atoms with Crippen LogP contribution in [0.25, 0.3) is 22.2 Å². The number of benzene rings is 2. The molecule has 134 valence electrons. The maximum Gasteiger partial charge on any atom is 0.173 e. The highest BCUT2D eigenvalue weighted by Crippen LogP contribution is 2.24. The van der Waals surface area contributed by atoms with E-state index in [0.29, 0.717) is 5.52 Å². The van der Waals surface area contributed by atoms with Gasteiger partial charge < -0.3 is 4.57 Å². The molecule has 0 bridgehead atoms. The molecule has 0 atom stereocenters. The highest BCUT2D eigenvalue weighted by atomic mass is 19.1. The minimum atomic E-state index is -1.27. The summed E-state index contributed by atoms with van der Waals surface area (Å²) in [4.78, 5) is 25.5. The first-order valence-corrected chi connectivity index (χ1v) is 8.22. The third kappa shape index (κ3) is 3.21. The number of rotatable bonds is 4. The first-order chi connectivity index (χ1) is 14.7. The first-order valence-electron chi connectivity index (χ1n) is 10.2. The maximum atomic E-state index is 14.4. The van der Waals surface area contributed by atoms with Gasteiger partial charge in [-0.25, -0.2) is 19.3 Å². The summed E-state index contributed by atoms with van der Waals surface area (Å²) < 4.78 is 46.9. The highest BCUT2D eigenvalue weighted by Gasteiger charge is 2.14. The third-order valence-corrected chi connectivity index (χ3v) is 4.39. The number of Topliss-reactive ketones (excluding diaryl/α,β-unsaturated/α-hetero) is 1. The van der Waals surface area contributed by atoms with Crippen LogP contribution in [-0.4, -0.2) is 25.3 Å². The van der Waals surface area contributed by atoms with Gasteiger partial charge >= 0.3 is 0 Å². The van der Waals surface area contributed by atoms with E-state index in [0.717, 1.165) is 22.5 Å². The zero-order chi connectivity index (χ0) is 22.4. The van der Waals surface area contributed by atoms with Crippen molar-refractivity contribution >= 4 is 16.7 Å². The van der Waals surface area contributed by atoms with Crippen LogP contribution in [0.1, 0.15) is 27.5 Å². The topological polar surface area (TPSA) is 60.7 Å². The zero-order valence-electron chi connectivity index (χ0n) is 18.7. The van der Waals surface area contributed by atoms with Crippen LogP contribution in [0, 0.1) is 12.7 Å². The summed E-state index contributed by atoms with van der Waals surface area (Å²) >= 11 is 0. The van der Waals surface area contributed by atoms with Crippen molar-refractivity contribution in [3.05, 3.63) is 77.8 Å². The molecule has 0 spiro atoms. The molecule has 0 saturated carbocycles. The lowest BCUT2D eigenvalue weighted by Gasteiger charge is -2.07. The monoisotopic (exact) mass is 364 g/mol. The van der Waals surface area contributed by atoms with E-state index in [1.54, 1.807) is 12.4 Å². The predicted octanol–water partition coefficient (Wildman–Crippen LogP) is 3.90. The van der Waals surface area contributed by atoms with Gasteiger partial charge in [0.1, 0.15) is 17.5 Å². The van der Waals surface area contributed by atoms with E-state index >= 15 is 0 Å². The lowest BCUT2D eigenvalue weighted by molar-refractivity contribution is 0.0987. The summed E-state index contributed by atoms with van der Waals surface area (Å²) in [5, 5.41) is 0.756. The van der Waals surface area contributed by atoms with Gasteiger partial charge in [0.15, 0.2) is 5.78 Å². The minimum absolute atomic E-state index is 0.127. The second-order valence-corrected chi connectivity index (χ2v) is 6.10. The van der Waals surface area contributed by atoms with Gasteiger partial charge in [0, 0.05) is 24.2 Å². The van der Waals surface area contributed by atoms with Gasteiger partial charge in [-0.2, -0.15) is 0 Å². The Morgan fingerprint density at radius 3 is 2.81 bits per heavy atom. The zero-order valence-corrected chi connectivity index (χ0v) is 14.7. The standard InChI is InChI=1S/C21H17FN4O/c1-13-23-12-19(26(13)2)14-7-8-15-11-24-21(25-18(15)9-14)10-20(27)16-5-3-4-6-17(16)22/h3-9,11-12H,10H2,1-2H3/i3D,4D,5D,6D. The Morgan fingerprint density at radius 1 is 1.22 bits per heavy atom. The number of aromatic nitrogens is 4. The Labute approximate surface area is 161 Å². The van der Waals surface area contributed by atoms with E-state index in [-0.39, 0.29) is 5.82 Å². The van der Waals surface area contributed by atoms with Crippen molar-refractivity contribution in [1.29, 1.82) is 0 Å². The number of imidazole rings is 1. The lowest BCUT2D eigenvalue weighted by Crippen LogP contribution is -2.09. The van der Waals surface area contributed by atoms with Gasteiger partial charge in [0.2, 0.25) is 0 Å². The molecule has 4 aromatic rings. The van der Waals surface area contributed by atoms with Gasteiger partial charge in [-0.15, -0.1) is 0 Å². The molecule has 2 aromatic carbocycles. The molecule has 6 heteroatoms. The number of aryl methyl sites for hydroxylation is 1. The molecule has 0 N–H and O–H groups in total. The number of hydrogen-bond acceptors (Lipinski definition) is 4. The molecule has 0 saturated heterocycles. The molecule has 27 heavy (non-hydrogen) atoms. The number of nitrogens with zero attached hydrogens (tertiary/aromatic N) is 4. The number of carbonyl (C=O) groups excluding carboxylic acids is 1. The van der Waals surface area contributed by atoms with Crippen molar-refractivity contribution in [1.82, 2.24) is 19.5 Å². The van der Waals surface area contributed by atoms with E-state index in [9.17, 15) is 9.18 Å². The summed E-state index contributed by atoms with van der Waals surface area (Å²) in [5.41, 5.74) is 1.69. The van der Waals surface area contributed by atoms with Crippen LogP contribution in [0.2, 0.25) is 0 Å². The van der Waals surface area contributed by atoms with Crippen molar-refractivity contribution in [3.8, 4) is 11.3 Å². The van der Waals surface area contributed by atoms with E-state index in [2.05, 4.69) is 15.0 Å². The SMILES string of the molecule is [2H]c1c([2H])c([2H])c(C(=O)Cc2ncc3ccc(-c4cnc(C)n4C)cc3n2)c(F)c1[2H]. The quantitative estimate of drug-likeness (QED) is 0.515. The van der Waals surface area contributed by atoms with Gasteiger partial charge in [-0.1, -0.05) is 24.2 Å². The summed E-state index contributed by atoms with van der Waals surface area (Å²) in [7, 11) is 1.90. The van der Waals surface area contributed by atoms with Crippen LogP contribution in [0.15, 0.2) is 54.8 Å². The van der Waals surface area contributed by atoms with Crippen molar-refractivity contribution in [2.24, 2.45) is 7.05 Å². The number of hydrogen-bond donors (Lipinski definition) is 0. The Balaban J connectivity index is 1.71. The number of fused-ring (bicyclic) bond motifs is 1. The van der Waals surface area contributed by atoms with Crippen LogP contribution < -0.4 is 0 Å². The number of ketones is 1. The fraction of sp³-hybridized carbons (Fsp3) is 0.143. The lowest BCUT2D eigenvalue weighted by atomic mass is 10.1. The second kappa shape index (κ2) is 6.72. The fourth-order valence-electron chi connectivity index (χ4n) is 2.80. The largest absolute Gasteiger partial charge is 0.331 e. The van der Waals surface area contributed by atoms with Gasteiger partial charge in [0.05, 0.1) is 34.9 Å². The molecule has 0 fully saturated rings. The molecule has 0 radical (unpaired) electrons. The fourth-order valence-corrected chi connectivity index (χ4v) is 2.80. The van der Waals surface area contributed by atoms with Crippen molar-refractivity contribution in [2.75, 3.05) is 0 Å². The molecule has 5 nitrogen and oxygen atoms in total. The first kappa shape index (κ1) is 12.9. The third-order valence-electron chi connectivity index (χ3n) is 4.39. The van der Waals surface area contributed by atoms with E-state index in [1.165, 1.54) is 0 Å². The molecule has 4 rings (SSSR count). The van der Waals surface area contributed by atoms with Gasteiger partial charge in [-0.3, -0.25) is 4.79 Å². The molecular weight excluding hydrogens is 343 g/mol. The predicted molar refractivity (Wildman–Crippen MR) is 101 cm³/mol. The van der Waals surface area contributed by atoms with Crippen LogP contribution in [0.4, 0.5) is 4.39 Å². The second-order valence-electron chi connectivity index (χ2n) is 6.10. The van der Waals surface area contributed by atoms with Gasteiger partial charge in [0.25, 0.3) is 0 Å². The summed E-state index contributed by atoms with van der Waals surface area (Å²) in [6, 6.07) is 2.65. The molecule has 0 aliphatic heterocycles. The normalized spacial score (nSPS) is 13.1. The van der Waals surface area contributed by atoms with Crippen molar-refractivity contribution in [2.45, 2.75) is 13.3 Å². The van der Waals surface area contributed by atoms with Crippen LogP contribution >= 0.6 is 0 Å². The molecular formula is C21H17FN4O. The Morgan fingerprint density at radius 2 is 2.04 bits per heavy atom. The summed E-state index contributed by atoms with van der Waals surface area (Å²) in [6.45, 7) is 1.90. The van der Waals surface area contributed by atoms with E-state index < -0.39 is 47.8 Å². The summed E-state index contributed by atoms with van der Waals surface area (Å²) in [5.74, 6) is -1.10. The summed E-state index contributed by atoms with van der Waals surface area (Å²) in [6.07, 6.45) is 2.91. The van der Waals surface area contributed by atoms with Crippen LogP contribution in [-0.2, 0) is 13.5 Å². The molecule has 2 aromatic heterocycles. The number of halogens is 1. The Kier molecular flexibility index (Phi) is 3.20. The van der Waals surface area contributed by atoms with Crippen molar-refractivity contribution in [3.63, 3.8) is 0 Å². The van der Waals surface area contributed by atoms with Crippen LogP contribution in [0.3, 0.4) is 0 Å². The molecule has 2 heterocycles.